The van der Waals surface area contributed by atoms with Crippen molar-refractivity contribution in [1.82, 2.24) is 0 Å². The standard InChI is InChI=1S/C15H10Cl2N2O7/c16-7-9-11(18(21)22)3-1-5-13(9)25-15(20)26-14-6-2-4-12(19(23)24)10(14)8-17/h1-6H,7-8H2. The topological polar surface area (TPSA) is 122 Å². The summed E-state index contributed by atoms with van der Waals surface area (Å²) in [5, 5.41) is 22.0. The minimum atomic E-state index is -1.25. The number of carbonyl (C=O) groups excluding carboxylic acids is 1. The second-order valence-electron chi connectivity index (χ2n) is 4.74. The molecule has 0 aliphatic rings. The van der Waals surface area contributed by atoms with Crippen molar-refractivity contribution in [2.45, 2.75) is 11.8 Å². The van der Waals surface area contributed by atoms with E-state index < -0.39 is 16.0 Å². The van der Waals surface area contributed by atoms with E-state index in [2.05, 4.69) is 0 Å². The molecular formula is C15H10Cl2N2O7. The van der Waals surface area contributed by atoms with Gasteiger partial charge < -0.3 is 9.47 Å². The molecule has 0 unspecified atom stereocenters. The second-order valence-corrected chi connectivity index (χ2v) is 5.28. The van der Waals surface area contributed by atoms with Gasteiger partial charge in [0.15, 0.2) is 0 Å². The summed E-state index contributed by atoms with van der Waals surface area (Å²) in [6, 6.07) is 7.66. The lowest BCUT2D eigenvalue weighted by Crippen LogP contribution is -2.16. The number of benzene rings is 2. The van der Waals surface area contributed by atoms with Crippen LogP contribution >= 0.6 is 23.2 Å². The van der Waals surface area contributed by atoms with Gasteiger partial charge in [-0.15, -0.1) is 23.2 Å². The van der Waals surface area contributed by atoms with Gasteiger partial charge in [0, 0.05) is 12.1 Å². The van der Waals surface area contributed by atoms with E-state index in [1.807, 2.05) is 0 Å². The maximum Gasteiger partial charge on any atom is 0.519 e. The second kappa shape index (κ2) is 8.45. The number of carbonyl (C=O) groups is 1. The van der Waals surface area contributed by atoms with E-state index in [1.165, 1.54) is 36.4 Å². The number of hydrogen-bond donors (Lipinski definition) is 0. The van der Waals surface area contributed by atoms with E-state index in [4.69, 9.17) is 32.7 Å². The fourth-order valence-electron chi connectivity index (χ4n) is 2.11. The molecule has 0 saturated heterocycles. The summed E-state index contributed by atoms with van der Waals surface area (Å²) < 4.78 is 9.94. The highest BCUT2D eigenvalue weighted by Crippen LogP contribution is 2.32. The number of alkyl halides is 2. The average Bonchev–Trinajstić information content (AvgIpc) is 2.60. The average molecular weight is 401 g/mol. The lowest BCUT2D eigenvalue weighted by molar-refractivity contribution is -0.385. The first kappa shape index (κ1) is 19.4. The van der Waals surface area contributed by atoms with Gasteiger partial charge in [0.05, 0.1) is 32.7 Å². The Bertz CT molecular complexity index is 804. The molecule has 11 heteroatoms. The highest BCUT2D eigenvalue weighted by atomic mass is 35.5. The van der Waals surface area contributed by atoms with Crippen LogP contribution in [-0.4, -0.2) is 16.0 Å². The van der Waals surface area contributed by atoms with Crippen LogP contribution in [0.15, 0.2) is 36.4 Å². The van der Waals surface area contributed by atoms with E-state index >= 15 is 0 Å². The van der Waals surface area contributed by atoms with Gasteiger partial charge in [0.2, 0.25) is 0 Å². The van der Waals surface area contributed by atoms with Crippen molar-refractivity contribution in [3.05, 3.63) is 67.8 Å². The van der Waals surface area contributed by atoms with Crippen molar-refractivity contribution < 1.29 is 24.1 Å². The summed E-state index contributed by atoms with van der Waals surface area (Å²) in [4.78, 5) is 32.7. The number of ether oxygens (including phenoxy) is 2. The number of nitrogens with zero attached hydrogens (tertiary/aromatic N) is 2. The molecule has 0 bridgehead atoms. The number of hydrogen-bond acceptors (Lipinski definition) is 7. The lowest BCUT2D eigenvalue weighted by atomic mass is 10.2. The van der Waals surface area contributed by atoms with E-state index in [0.29, 0.717) is 0 Å². The van der Waals surface area contributed by atoms with E-state index in [-0.39, 0.29) is 45.8 Å². The first-order chi connectivity index (χ1) is 12.4. The molecule has 0 saturated carbocycles. The molecule has 136 valence electrons. The maximum atomic E-state index is 12.0. The zero-order chi connectivity index (χ0) is 19.3. The Morgan fingerprint density at radius 3 is 1.54 bits per heavy atom. The monoisotopic (exact) mass is 400 g/mol. The fraction of sp³-hybridized carbons (Fsp3) is 0.133. The van der Waals surface area contributed by atoms with Crippen molar-refractivity contribution in [3.63, 3.8) is 0 Å². The molecule has 0 amide bonds. The molecule has 2 aromatic rings. The maximum absolute atomic E-state index is 12.0. The van der Waals surface area contributed by atoms with Gasteiger partial charge in [0.1, 0.15) is 11.5 Å². The Hall–Kier alpha value is -2.91. The van der Waals surface area contributed by atoms with Crippen LogP contribution in [0.1, 0.15) is 11.1 Å². The highest BCUT2D eigenvalue weighted by Gasteiger charge is 2.23. The van der Waals surface area contributed by atoms with Crippen molar-refractivity contribution in [2.75, 3.05) is 0 Å². The Balaban J connectivity index is 2.28. The molecule has 0 aliphatic carbocycles. The number of halogens is 2. The lowest BCUT2D eigenvalue weighted by Gasteiger charge is -2.10. The SMILES string of the molecule is O=C(Oc1cccc([N+](=O)[O-])c1CCl)Oc1cccc([N+](=O)[O-])c1CCl. The third kappa shape index (κ3) is 4.19. The molecule has 2 rings (SSSR count). The molecule has 26 heavy (non-hydrogen) atoms. The third-order valence-corrected chi connectivity index (χ3v) is 3.80. The van der Waals surface area contributed by atoms with Gasteiger partial charge in [-0.3, -0.25) is 20.2 Å². The number of rotatable bonds is 6. The van der Waals surface area contributed by atoms with Gasteiger partial charge in [-0.25, -0.2) is 4.79 Å². The van der Waals surface area contributed by atoms with Crippen molar-refractivity contribution in [1.29, 1.82) is 0 Å². The summed E-state index contributed by atoms with van der Waals surface area (Å²) in [6.07, 6.45) is -1.25. The van der Waals surface area contributed by atoms with Gasteiger partial charge in [0.25, 0.3) is 11.4 Å². The minimum Gasteiger partial charge on any atom is -0.394 e. The highest BCUT2D eigenvalue weighted by molar-refractivity contribution is 6.17. The summed E-state index contributed by atoms with van der Waals surface area (Å²) in [6.45, 7) is 0. The number of nitro benzene ring substituents is 2. The first-order valence-corrected chi connectivity index (χ1v) is 8.00. The molecule has 2 aromatic carbocycles. The molecule has 0 spiro atoms. The van der Waals surface area contributed by atoms with E-state index in [1.54, 1.807) is 0 Å². The molecule has 0 atom stereocenters. The predicted octanol–water partition coefficient (Wildman–Crippen LogP) is 4.56. The van der Waals surface area contributed by atoms with Crippen LogP contribution in [0.5, 0.6) is 11.5 Å². The van der Waals surface area contributed by atoms with Gasteiger partial charge in [-0.2, -0.15) is 0 Å². The van der Waals surface area contributed by atoms with Crippen molar-refractivity contribution in [3.8, 4) is 11.5 Å². The quantitative estimate of drug-likeness (QED) is 0.229. The summed E-state index contributed by atoms with van der Waals surface area (Å²) in [7, 11) is 0. The van der Waals surface area contributed by atoms with Crippen LogP contribution < -0.4 is 9.47 Å². The predicted molar refractivity (Wildman–Crippen MR) is 92.0 cm³/mol. The van der Waals surface area contributed by atoms with Crippen LogP contribution in [0, 0.1) is 20.2 Å². The van der Waals surface area contributed by atoms with E-state index in [0.717, 1.165) is 0 Å². The van der Waals surface area contributed by atoms with Crippen molar-refractivity contribution >= 4 is 40.7 Å². The summed E-state index contributed by atoms with van der Waals surface area (Å²) in [5.74, 6) is -0.860. The minimum absolute atomic E-state index is 0.00674. The van der Waals surface area contributed by atoms with Gasteiger partial charge in [-0.05, 0) is 12.1 Å². The van der Waals surface area contributed by atoms with Crippen molar-refractivity contribution in [2.24, 2.45) is 0 Å². The fourth-order valence-corrected chi connectivity index (χ4v) is 2.65. The normalized spacial score (nSPS) is 10.2. The molecular weight excluding hydrogens is 391 g/mol. The summed E-state index contributed by atoms with van der Waals surface area (Å²) in [5.41, 5.74) is -0.648. The Labute approximate surface area is 156 Å². The molecule has 0 aromatic heterocycles. The Morgan fingerprint density at radius 1 is 0.846 bits per heavy atom. The summed E-state index contributed by atoms with van der Waals surface area (Å²) >= 11 is 11.4. The first-order valence-electron chi connectivity index (χ1n) is 6.93. The van der Waals surface area contributed by atoms with Crippen LogP contribution in [-0.2, 0) is 11.8 Å². The zero-order valence-corrected chi connectivity index (χ0v) is 14.4. The van der Waals surface area contributed by atoms with Crippen LogP contribution in [0.25, 0.3) is 0 Å². The van der Waals surface area contributed by atoms with Crippen LogP contribution in [0.4, 0.5) is 16.2 Å². The Morgan fingerprint density at radius 2 is 1.23 bits per heavy atom. The van der Waals surface area contributed by atoms with Crippen LogP contribution in [0.2, 0.25) is 0 Å². The molecule has 9 nitrogen and oxygen atoms in total. The number of nitro groups is 2. The molecule has 0 radical (unpaired) electrons. The largest absolute Gasteiger partial charge is 0.519 e. The molecule has 0 N–H and O–H groups in total. The zero-order valence-electron chi connectivity index (χ0n) is 12.9. The Kier molecular flexibility index (Phi) is 6.31. The van der Waals surface area contributed by atoms with Gasteiger partial charge >= 0.3 is 6.16 Å². The van der Waals surface area contributed by atoms with E-state index in [9.17, 15) is 25.0 Å². The van der Waals surface area contributed by atoms with Gasteiger partial charge in [-0.1, -0.05) is 12.1 Å². The smallest absolute Gasteiger partial charge is 0.394 e. The molecule has 0 aliphatic heterocycles. The third-order valence-electron chi connectivity index (χ3n) is 3.26. The van der Waals surface area contributed by atoms with Crippen LogP contribution in [0.3, 0.4) is 0 Å². The molecule has 0 heterocycles. The molecule has 0 fully saturated rings.